The van der Waals surface area contributed by atoms with Crippen LogP contribution in [0.1, 0.15) is 28.8 Å². The highest BCUT2D eigenvalue weighted by molar-refractivity contribution is 5.79. The van der Waals surface area contributed by atoms with Gasteiger partial charge in [-0.1, -0.05) is 121 Å². The van der Waals surface area contributed by atoms with Crippen LogP contribution in [0.25, 0.3) is 11.1 Å². The predicted octanol–water partition coefficient (Wildman–Crippen LogP) is 7.60. The van der Waals surface area contributed by atoms with E-state index in [4.69, 9.17) is 0 Å². The Balaban J connectivity index is 1.43. The summed E-state index contributed by atoms with van der Waals surface area (Å²) in [5.74, 6) is 0.316. The predicted molar refractivity (Wildman–Crippen MR) is 151 cm³/mol. The van der Waals surface area contributed by atoms with E-state index in [1.807, 2.05) is 24.3 Å². The minimum atomic E-state index is 0.0667. The summed E-state index contributed by atoms with van der Waals surface area (Å²) in [5, 5.41) is 11.1. The first-order valence-electron chi connectivity index (χ1n) is 12.7. The second-order valence-corrected chi connectivity index (χ2v) is 9.45. The van der Waals surface area contributed by atoms with Gasteiger partial charge in [0.05, 0.1) is 0 Å². The number of anilines is 1. The quantitative estimate of drug-likeness (QED) is 0.253. The van der Waals surface area contributed by atoms with Gasteiger partial charge < -0.3 is 5.11 Å². The first-order valence-corrected chi connectivity index (χ1v) is 12.7. The highest BCUT2D eigenvalue weighted by Crippen LogP contribution is 2.43. The van der Waals surface area contributed by atoms with Gasteiger partial charge in [-0.3, -0.25) is 4.58 Å². The van der Waals surface area contributed by atoms with Gasteiger partial charge in [0, 0.05) is 16.7 Å². The molecule has 0 saturated carbocycles. The first kappa shape index (κ1) is 22.8. The molecule has 1 N–H and O–H groups in total. The molecule has 0 amide bonds. The average molecular weight is 482 g/mol. The van der Waals surface area contributed by atoms with Crippen molar-refractivity contribution in [3.63, 3.8) is 0 Å². The monoisotopic (exact) mass is 481 g/mol. The molecule has 3 nitrogen and oxygen atoms in total. The lowest BCUT2D eigenvalue weighted by Gasteiger charge is -2.24. The van der Waals surface area contributed by atoms with Crippen molar-refractivity contribution in [3.8, 4) is 16.9 Å². The van der Waals surface area contributed by atoms with Crippen LogP contribution in [0.5, 0.6) is 5.75 Å². The number of phenols is 1. The Kier molecular flexibility index (Phi) is 6.26. The normalized spacial score (nSPS) is 17.0. The van der Waals surface area contributed by atoms with E-state index in [1.165, 1.54) is 11.1 Å². The molecule has 0 aromatic heterocycles. The molecule has 6 rings (SSSR count). The molecular formula is C34H29N2O+. The van der Waals surface area contributed by atoms with E-state index >= 15 is 0 Å². The molecule has 180 valence electrons. The summed E-state index contributed by atoms with van der Waals surface area (Å²) >= 11 is 0. The van der Waals surface area contributed by atoms with E-state index in [0.29, 0.717) is 12.3 Å². The lowest BCUT2D eigenvalue weighted by Crippen LogP contribution is -2.26. The number of benzene rings is 5. The zero-order chi connectivity index (χ0) is 25.0. The number of rotatable bonds is 6. The third-order valence-electron chi connectivity index (χ3n) is 7.11. The molecule has 5 aromatic rings. The number of para-hydroxylation sites is 1. The Bertz CT molecular complexity index is 1500. The van der Waals surface area contributed by atoms with Gasteiger partial charge in [0.15, 0.2) is 12.1 Å². The topological polar surface area (TPSA) is 26.5 Å². The molecule has 5 aromatic carbocycles. The van der Waals surface area contributed by atoms with Crippen molar-refractivity contribution >= 4 is 12.0 Å². The minimum Gasteiger partial charge on any atom is -0.507 e. The summed E-state index contributed by atoms with van der Waals surface area (Å²) in [5.41, 5.74) is 6.65. The third-order valence-corrected chi connectivity index (χ3v) is 7.11. The maximum Gasteiger partial charge on any atom is 0.240 e. The Morgan fingerprint density at radius 3 is 1.78 bits per heavy atom. The number of hydrogen-bond acceptors (Lipinski definition) is 2. The summed E-state index contributed by atoms with van der Waals surface area (Å²) in [6.45, 7) is 0.590. The van der Waals surface area contributed by atoms with Crippen molar-refractivity contribution in [2.24, 2.45) is 0 Å². The average Bonchev–Trinajstić information content (AvgIpc) is 3.35. The van der Waals surface area contributed by atoms with Crippen LogP contribution in [-0.2, 0) is 6.54 Å². The van der Waals surface area contributed by atoms with Crippen molar-refractivity contribution in [1.29, 1.82) is 0 Å². The first-order chi connectivity index (χ1) is 18.3. The number of nitrogens with zero attached hydrogens (tertiary/aromatic N) is 2. The second-order valence-electron chi connectivity index (χ2n) is 9.45. The molecular weight excluding hydrogens is 452 g/mol. The Morgan fingerprint density at radius 2 is 1.16 bits per heavy atom. The fraction of sp³-hybridized carbons (Fsp3) is 0.0882. The van der Waals surface area contributed by atoms with E-state index in [-0.39, 0.29) is 12.1 Å². The molecule has 1 aliphatic heterocycles. The lowest BCUT2D eigenvalue weighted by molar-refractivity contribution is -0.578. The maximum absolute atomic E-state index is 11.1. The van der Waals surface area contributed by atoms with E-state index in [0.717, 1.165) is 22.4 Å². The van der Waals surface area contributed by atoms with Crippen molar-refractivity contribution in [2.75, 3.05) is 4.90 Å². The Labute approximate surface area is 218 Å². The van der Waals surface area contributed by atoms with Crippen molar-refractivity contribution in [3.05, 3.63) is 156 Å². The van der Waals surface area contributed by atoms with Crippen LogP contribution >= 0.6 is 0 Å². The molecule has 0 aliphatic carbocycles. The lowest BCUT2D eigenvalue weighted by atomic mass is 9.92. The summed E-state index contributed by atoms with van der Waals surface area (Å²) in [7, 11) is 0. The molecule has 1 aliphatic rings. The largest absolute Gasteiger partial charge is 0.507 e. The molecule has 0 unspecified atom stereocenters. The van der Waals surface area contributed by atoms with Crippen LogP contribution in [0.3, 0.4) is 0 Å². The summed E-state index contributed by atoms with van der Waals surface area (Å²) in [6, 6.07) is 48.3. The van der Waals surface area contributed by atoms with Crippen LogP contribution in [0.4, 0.5) is 5.69 Å². The van der Waals surface area contributed by atoms with E-state index in [9.17, 15) is 5.11 Å². The maximum atomic E-state index is 11.1. The Hall–Kier alpha value is -4.63. The highest BCUT2D eigenvalue weighted by Gasteiger charge is 2.44. The van der Waals surface area contributed by atoms with Gasteiger partial charge >= 0.3 is 0 Å². The van der Waals surface area contributed by atoms with Crippen LogP contribution in [0, 0.1) is 0 Å². The molecule has 0 bridgehead atoms. The van der Waals surface area contributed by atoms with E-state index in [1.54, 1.807) is 0 Å². The van der Waals surface area contributed by atoms with Crippen LogP contribution in [0.15, 0.2) is 140 Å². The van der Waals surface area contributed by atoms with Gasteiger partial charge in [0.25, 0.3) is 0 Å². The molecule has 0 saturated heterocycles. The molecule has 37 heavy (non-hydrogen) atoms. The van der Waals surface area contributed by atoms with Gasteiger partial charge in [-0.15, -0.1) is 0 Å². The minimum absolute atomic E-state index is 0.0667. The van der Waals surface area contributed by atoms with Gasteiger partial charge in [-0.25, -0.2) is 4.90 Å². The number of phenolic OH excluding ortho intramolecular Hbond substituents is 1. The summed E-state index contributed by atoms with van der Waals surface area (Å²) in [6.07, 6.45) is 2.22. The standard InChI is InChI=1S/C34H28N2O/c37-32-23-29(26-13-5-1-6-14-26)21-22-30(32)24-35-25-36(31-19-11-4-12-20-31)34(28-17-9-3-10-18-28)33(35)27-15-7-2-8-16-27/h1-23,25,33-34H,24H2/p+1/t33-,34-/m1/s1. The van der Waals surface area contributed by atoms with Crippen LogP contribution in [-0.4, -0.2) is 16.0 Å². The molecule has 2 atom stereocenters. The number of aromatic hydroxyl groups is 1. The van der Waals surface area contributed by atoms with E-state index < -0.39 is 0 Å². The molecule has 1 heterocycles. The van der Waals surface area contributed by atoms with Gasteiger partial charge in [-0.05, 0) is 29.3 Å². The fourth-order valence-electron chi connectivity index (χ4n) is 5.33. The zero-order valence-electron chi connectivity index (χ0n) is 20.6. The number of hydrogen-bond donors (Lipinski definition) is 1. The molecule has 0 fully saturated rings. The van der Waals surface area contributed by atoms with Crippen molar-refractivity contribution < 1.29 is 9.68 Å². The SMILES string of the molecule is Oc1cc(-c2ccccc2)ccc1C[N+]1=CN(c2ccccc2)[C@H](c2ccccc2)[C@H]1c1ccccc1. The molecule has 3 heteroatoms. The van der Waals surface area contributed by atoms with E-state index in [2.05, 4.69) is 131 Å². The Morgan fingerprint density at radius 1 is 0.595 bits per heavy atom. The summed E-state index contributed by atoms with van der Waals surface area (Å²) in [4.78, 5) is 2.36. The van der Waals surface area contributed by atoms with Gasteiger partial charge in [0.2, 0.25) is 6.34 Å². The van der Waals surface area contributed by atoms with Crippen LogP contribution < -0.4 is 4.90 Å². The summed E-state index contributed by atoms with van der Waals surface area (Å²) < 4.78 is 2.36. The van der Waals surface area contributed by atoms with Crippen molar-refractivity contribution in [1.82, 2.24) is 0 Å². The molecule has 0 radical (unpaired) electrons. The molecule has 0 spiro atoms. The highest BCUT2D eigenvalue weighted by atomic mass is 16.3. The van der Waals surface area contributed by atoms with Gasteiger partial charge in [0.1, 0.15) is 18.0 Å². The smallest absolute Gasteiger partial charge is 0.240 e. The zero-order valence-corrected chi connectivity index (χ0v) is 20.6. The fourth-order valence-corrected chi connectivity index (χ4v) is 5.33. The van der Waals surface area contributed by atoms with Crippen LogP contribution in [0.2, 0.25) is 0 Å². The third kappa shape index (κ3) is 4.64. The van der Waals surface area contributed by atoms with Crippen molar-refractivity contribution in [2.45, 2.75) is 18.6 Å². The second kappa shape index (κ2) is 10.2. The van der Waals surface area contributed by atoms with Gasteiger partial charge in [-0.2, -0.15) is 0 Å².